The Hall–Kier alpha value is -1.06. The molecule has 0 saturated carbocycles. The topological polar surface area (TPSA) is 63.3 Å². The van der Waals surface area contributed by atoms with Crippen LogP contribution in [0.15, 0.2) is 0 Å². The third-order valence-corrected chi connectivity index (χ3v) is 1.82. The standard InChI is InChI=1S/C10H17O4/c1-3-5-7-9(11)14-8(6-4-2)10(12)13/h8H,3-7H2,1-2H3. The zero-order chi connectivity index (χ0) is 11.0. The van der Waals surface area contributed by atoms with Gasteiger partial charge in [-0.3, -0.25) is 4.79 Å². The fraction of sp³-hybridized carbons (Fsp3) is 0.800. The first-order valence-corrected chi connectivity index (χ1v) is 5.02. The summed E-state index contributed by atoms with van der Waals surface area (Å²) < 4.78 is 4.75. The highest BCUT2D eigenvalue weighted by molar-refractivity contribution is 5.77. The van der Waals surface area contributed by atoms with Gasteiger partial charge in [0.05, 0.1) is 0 Å². The van der Waals surface area contributed by atoms with Crippen molar-refractivity contribution in [1.82, 2.24) is 0 Å². The van der Waals surface area contributed by atoms with E-state index in [4.69, 9.17) is 4.74 Å². The predicted molar refractivity (Wildman–Crippen MR) is 50.0 cm³/mol. The molecule has 0 aliphatic rings. The fourth-order valence-corrected chi connectivity index (χ4v) is 1.03. The lowest BCUT2D eigenvalue weighted by atomic mass is 10.2. The summed E-state index contributed by atoms with van der Waals surface area (Å²) in [5.74, 6) is -1.76. The third-order valence-electron chi connectivity index (χ3n) is 1.82. The Kier molecular flexibility index (Phi) is 6.80. The minimum absolute atomic E-state index is 0.282. The highest BCUT2D eigenvalue weighted by Crippen LogP contribution is 2.06. The molecule has 1 radical (unpaired) electrons. The summed E-state index contributed by atoms with van der Waals surface area (Å²) in [7, 11) is 0. The Balaban J connectivity index is 3.90. The molecule has 0 aliphatic heterocycles. The molecule has 1 atom stereocenters. The molecule has 0 spiro atoms. The van der Waals surface area contributed by atoms with Crippen LogP contribution in [0, 0.1) is 0 Å². The molecule has 0 fully saturated rings. The number of carbonyl (C=O) groups excluding carboxylic acids is 2. The Morgan fingerprint density at radius 2 is 1.86 bits per heavy atom. The molecule has 0 aliphatic carbocycles. The number of hydrogen-bond donors (Lipinski definition) is 0. The van der Waals surface area contributed by atoms with E-state index in [0.29, 0.717) is 12.8 Å². The number of carbonyl (C=O) groups is 2. The normalized spacial score (nSPS) is 12.1. The Morgan fingerprint density at radius 1 is 1.21 bits per heavy atom. The molecule has 4 heteroatoms. The summed E-state index contributed by atoms with van der Waals surface area (Å²) in [5, 5.41) is 10.5. The molecule has 0 saturated heterocycles. The van der Waals surface area contributed by atoms with Crippen LogP contribution >= 0.6 is 0 Å². The van der Waals surface area contributed by atoms with Gasteiger partial charge >= 0.3 is 11.9 Å². The van der Waals surface area contributed by atoms with E-state index in [1.165, 1.54) is 0 Å². The molecule has 81 valence electrons. The summed E-state index contributed by atoms with van der Waals surface area (Å²) in [4.78, 5) is 21.6. The first kappa shape index (κ1) is 12.9. The van der Waals surface area contributed by atoms with Gasteiger partial charge in [0.1, 0.15) is 0 Å². The minimum Gasteiger partial charge on any atom is -0.450 e. The van der Waals surface area contributed by atoms with Gasteiger partial charge in [-0.2, -0.15) is 0 Å². The van der Waals surface area contributed by atoms with E-state index in [1.807, 2.05) is 13.8 Å². The molecule has 0 aromatic carbocycles. The van der Waals surface area contributed by atoms with Gasteiger partial charge in [0, 0.05) is 6.42 Å². The Morgan fingerprint density at radius 3 is 2.29 bits per heavy atom. The van der Waals surface area contributed by atoms with Gasteiger partial charge in [0.2, 0.25) is 6.10 Å². The third kappa shape index (κ3) is 5.56. The number of hydrogen-bond acceptors (Lipinski definition) is 3. The van der Waals surface area contributed by atoms with Gasteiger partial charge in [-0.1, -0.05) is 26.7 Å². The van der Waals surface area contributed by atoms with Gasteiger partial charge in [0.15, 0.2) is 0 Å². The van der Waals surface area contributed by atoms with Crippen LogP contribution in [0.1, 0.15) is 46.0 Å². The molecule has 0 rings (SSSR count). The summed E-state index contributed by atoms with van der Waals surface area (Å²) >= 11 is 0. The van der Waals surface area contributed by atoms with E-state index in [2.05, 4.69) is 0 Å². The van der Waals surface area contributed by atoms with E-state index in [9.17, 15) is 14.7 Å². The monoisotopic (exact) mass is 201 g/mol. The molecular formula is C10H17O4. The van der Waals surface area contributed by atoms with E-state index in [1.54, 1.807) is 0 Å². The Labute approximate surface area is 84.3 Å². The summed E-state index contributed by atoms with van der Waals surface area (Å²) in [5.41, 5.74) is 0. The largest absolute Gasteiger partial charge is 0.450 e. The van der Waals surface area contributed by atoms with Crippen LogP contribution in [0.25, 0.3) is 0 Å². The molecule has 0 aromatic rings. The van der Waals surface area contributed by atoms with Crippen molar-refractivity contribution in [3.63, 3.8) is 0 Å². The molecule has 0 bridgehead atoms. The van der Waals surface area contributed by atoms with Gasteiger partial charge in [-0.15, -0.1) is 0 Å². The average molecular weight is 201 g/mol. The molecular weight excluding hydrogens is 184 g/mol. The second kappa shape index (κ2) is 7.35. The minimum atomic E-state index is -1.31. The van der Waals surface area contributed by atoms with Gasteiger partial charge in [-0.25, -0.2) is 9.90 Å². The maximum absolute atomic E-state index is 11.1. The maximum atomic E-state index is 11.1. The van der Waals surface area contributed by atoms with Crippen LogP contribution in [-0.4, -0.2) is 18.0 Å². The van der Waals surface area contributed by atoms with E-state index < -0.39 is 18.0 Å². The number of esters is 1. The van der Waals surface area contributed by atoms with Crippen LogP contribution in [0.2, 0.25) is 0 Å². The second-order valence-electron chi connectivity index (χ2n) is 3.19. The van der Waals surface area contributed by atoms with Crippen molar-refractivity contribution in [3.05, 3.63) is 0 Å². The Bertz CT molecular complexity index is 189. The molecule has 0 amide bonds. The number of rotatable bonds is 7. The maximum Gasteiger partial charge on any atom is 0.395 e. The first-order chi connectivity index (χ1) is 6.61. The predicted octanol–water partition coefficient (Wildman–Crippen LogP) is 1.85. The lowest BCUT2D eigenvalue weighted by Crippen LogP contribution is -2.25. The van der Waals surface area contributed by atoms with Crippen molar-refractivity contribution in [3.8, 4) is 0 Å². The lowest BCUT2D eigenvalue weighted by molar-refractivity contribution is -0.168. The summed E-state index contributed by atoms with van der Waals surface area (Å²) in [6.45, 7) is 3.78. The van der Waals surface area contributed by atoms with E-state index >= 15 is 0 Å². The van der Waals surface area contributed by atoms with Crippen molar-refractivity contribution < 1.29 is 19.4 Å². The van der Waals surface area contributed by atoms with Crippen molar-refractivity contribution in [2.45, 2.75) is 52.1 Å². The van der Waals surface area contributed by atoms with Crippen molar-refractivity contribution in [2.75, 3.05) is 0 Å². The molecule has 4 nitrogen and oxygen atoms in total. The molecule has 0 N–H and O–H groups in total. The zero-order valence-electron chi connectivity index (χ0n) is 8.75. The number of unbranched alkanes of at least 4 members (excludes halogenated alkanes) is 1. The fourth-order valence-electron chi connectivity index (χ4n) is 1.03. The molecule has 14 heavy (non-hydrogen) atoms. The highest BCUT2D eigenvalue weighted by Gasteiger charge is 2.22. The second-order valence-corrected chi connectivity index (χ2v) is 3.19. The SMILES string of the molecule is CCCCC(=O)OC(CCC)C([O])=O. The van der Waals surface area contributed by atoms with Crippen LogP contribution in [0.5, 0.6) is 0 Å². The van der Waals surface area contributed by atoms with Gasteiger partial charge in [0.25, 0.3) is 0 Å². The smallest absolute Gasteiger partial charge is 0.395 e. The van der Waals surface area contributed by atoms with Crippen molar-refractivity contribution >= 4 is 11.9 Å². The van der Waals surface area contributed by atoms with Gasteiger partial charge < -0.3 is 4.74 Å². The zero-order valence-corrected chi connectivity index (χ0v) is 8.75. The summed E-state index contributed by atoms with van der Waals surface area (Å²) in [6.07, 6.45) is 1.79. The lowest BCUT2D eigenvalue weighted by Gasteiger charge is -2.10. The van der Waals surface area contributed by atoms with Crippen LogP contribution < -0.4 is 0 Å². The first-order valence-electron chi connectivity index (χ1n) is 5.02. The van der Waals surface area contributed by atoms with E-state index in [0.717, 1.165) is 12.8 Å². The van der Waals surface area contributed by atoms with E-state index in [-0.39, 0.29) is 6.42 Å². The van der Waals surface area contributed by atoms with Crippen LogP contribution in [0.3, 0.4) is 0 Å². The molecule has 1 unspecified atom stereocenters. The van der Waals surface area contributed by atoms with Crippen LogP contribution in [-0.2, 0) is 19.4 Å². The van der Waals surface area contributed by atoms with Crippen LogP contribution in [0.4, 0.5) is 0 Å². The van der Waals surface area contributed by atoms with Crippen molar-refractivity contribution in [1.29, 1.82) is 0 Å². The average Bonchev–Trinajstić information content (AvgIpc) is 2.14. The molecule has 0 aromatic heterocycles. The summed E-state index contributed by atoms with van der Waals surface area (Å²) in [6, 6.07) is 0. The quantitative estimate of drug-likeness (QED) is 0.590. The van der Waals surface area contributed by atoms with Gasteiger partial charge in [-0.05, 0) is 12.8 Å². The van der Waals surface area contributed by atoms with Crippen molar-refractivity contribution in [2.24, 2.45) is 0 Å². The molecule has 0 heterocycles. The number of ether oxygens (including phenoxy) is 1. The highest BCUT2D eigenvalue weighted by atomic mass is 16.6.